The van der Waals surface area contributed by atoms with E-state index in [4.69, 9.17) is 14.3 Å². The van der Waals surface area contributed by atoms with E-state index >= 15 is 0 Å². The molecule has 0 aromatic heterocycles. The van der Waals surface area contributed by atoms with Gasteiger partial charge in [0, 0.05) is 0 Å². The molecule has 0 saturated heterocycles. The minimum Gasteiger partial charge on any atom is -0.303 e. The lowest BCUT2D eigenvalue weighted by atomic mass is 9.45. The predicted octanol–water partition coefficient (Wildman–Crippen LogP) is 4.90. The summed E-state index contributed by atoms with van der Waals surface area (Å²) in [5, 5.41) is 0. The molecular formula is C19H33O4P. The molecule has 0 heterocycles. The second-order valence-corrected chi connectivity index (χ2v) is 10.9. The van der Waals surface area contributed by atoms with Crippen LogP contribution in [0.1, 0.15) is 78.1 Å². The Morgan fingerprint density at radius 3 is 2.50 bits per heavy atom. The second kappa shape index (κ2) is 5.81. The molecule has 7 atom stereocenters. The maximum absolute atomic E-state index is 11.2. The third-order valence-electron chi connectivity index (χ3n) is 8.69. The van der Waals surface area contributed by atoms with Gasteiger partial charge in [0.2, 0.25) is 0 Å². The fraction of sp³-hybridized carbons (Fsp3) is 1.00. The van der Waals surface area contributed by atoms with Crippen molar-refractivity contribution in [1.29, 1.82) is 0 Å². The number of phosphoric ester groups is 1. The molecule has 0 aromatic rings. The summed E-state index contributed by atoms with van der Waals surface area (Å²) in [5.41, 5.74) is 0.965. The molecule has 0 bridgehead atoms. The van der Waals surface area contributed by atoms with Crippen LogP contribution in [-0.2, 0) is 9.09 Å². The van der Waals surface area contributed by atoms with Gasteiger partial charge in [0.15, 0.2) is 0 Å². The summed E-state index contributed by atoms with van der Waals surface area (Å²) in [4.78, 5) is 18.3. The third-order valence-corrected chi connectivity index (χ3v) is 9.26. The first-order chi connectivity index (χ1) is 11.2. The lowest BCUT2D eigenvalue weighted by molar-refractivity contribution is -0.119. The van der Waals surface area contributed by atoms with Crippen molar-refractivity contribution in [2.75, 3.05) is 0 Å². The van der Waals surface area contributed by atoms with E-state index in [1.165, 1.54) is 44.9 Å². The zero-order valence-corrected chi connectivity index (χ0v) is 16.0. The number of phosphoric acid groups is 1. The van der Waals surface area contributed by atoms with E-state index in [1.54, 1.807) is 0 Å². The Kier molecular flexibility index (Phi) is 4.24. The molecule has 0 unspecified atom stereocenters. The fourth-order valence-corrected chi connectivity index (χ4v) is 8.08. The van der Waals surface area contributed by atoms with Crippen molar-refractivity contribution in [1.82, 2.24) is 0 Å². The summed E-state index contributed by atoms with van der Waals surface area (Å²) in [6, 6.07) is 0. The van der Waals surface area contributed by atoms with Gasteiger partial charge in [0.25, 0.3) is 0 Å². The average Bonchev–Trinajstić information content (AvgIpc) is 2.88. The molecule has 4 aliphatic carbocycles. The molecule has 4 aliphatic rings. The smallest absolute Gasteiger partial charge is 0.303 e. The zero-order chi connectivity index (χ0) is 17.2. The maximum atomic E-state index is 11.2. The normalized spacial score (nSPS) is 51.6. The first-order valence-electron chi connectivity index (χ1n) is 9.95. The molecule has 0 amide bonds. The van der Waals surface area contributed by atoms with Crippen molar-refractivity contribution in [3.8, 4) is 0 Å². The number of fused-ring (bicyclic) bond motifs is 5. The summed E-state index contributed by atoms with van der Waals surface area (Å²) in [5.74, 6) is 3.23. The highest BCUT2D eigenvalue weighted by atomic mass is 31.2. The van der Waals surface area contributed by atoms with Crippen molar-refractivity contribution < 1.29 is 18.9 Å². The standard InChI is InChI=1S/C19H33O4P/c1-18-9-3-4-16(18)15-6-5-13-12-14(23-24(20,21)22)7-11-19(13,2)17(15)8-10-18/h13-17H,3-12H2,1-2H3,(H2,20,21,22)/t13-,14+,15-,16-,17-,18-,19-/m0/s1. The Morgan fingerprint density at radius 2 is 1.75 bits per heavy atom. The van der Waals surface area contributed by atoms with Gasteiger partial charge in [0.1, 0.15) is 0 Å². The Balaban J connectivity index is 1.51. The summed E-state index contributed by atoms with van der Waals surface area (Å²) in [6.07, 6.45) is 12.1. The second-order valence-electron chi connectivity index (χ2n) is 9.73. The lowest BCUT2D eigenvalue weighted by Crippen LogP contribution is -2.53. The van der Waals surface area contributed by atoms with Gasteiger partial charge in [-0.05, 0) is 92.3 Å². The zero-order valence-electron chi connectivity index (χ0n) is 15.1. The van der Waals surface area contributed by atoms with Gasteiger partial charge in [0.05, 0.1) is 6.10 Å². The molecule has 0 aliphatic heterocycles. The molecule has 4 fully saturated rings. The van der Waals surface area contributed by atoms with Crippen molar-refractivity contribution in [3.05, 3.63) is 0 Å². The van der Waals surface area contributed by atoms with Crippen molar-refractivity contribution in [2.45, 2.75) is 84.2 Å². The average molecular weight is 356 g/mol. The van der Waals surface area contributed by atoms with Crippen LogP contribution in [0, 0.1) is 34.5 Å². The molecule has 2 N–H and O–H groups in total. The van der Waals surface area contributed by atoms with Gasteiger partial charge in [-0.2, -0.15) is 0 Å². The molecule has 24 heavy (non-hydrogen) atoms. The van der Waals surface area contributed by atoms with Crippen LogP contribution in [0.15, 0.2) is 0 Å². The first kappa shape index (κ1) is 17.5. The van der Waals surface area contributed by atoms with Crippen LogP contribution < -0.4 is 0 Å². The van der Waals surface area contributed by atoms with Gasteiger partial charge in [-0.1, -0.05) is 20.3 Å². The highest BCUT2D eigenvalue weighted by Crippen LogP contribution is 2.66. The lowest BCUT2D eigenvalue weighted by Gasteiger charge is -2.60. The Labute approximate surface area is 146 Å². The SMILES string of the molecule is C[C@@]12CCC[C@H]1[C@@H]1CC[C@H]3C[C@H](OP(=O)(O)O)CC[C@]3(C)[C@H]1CC2. The van der Waals surface area contributed by atoms with Crippen LogP contribution in [0.25, 0.3) is 0 Å². The van der Waals surface area contributed by atoms with E-state index < -0.39 is 7.82 Å². The quantitative estimate of drug-likeness (QED) is 0.691. The van der Waals surface area contributed by atoms with Crippen LogP contribution in [-0.4, -0.2) is 15.9 Å². The van der Waals surface area contributed by atoms with Crippen LogP contribution in [0.4, 0.5) is 0 Å². The van der Waals surface area contributed by atoms with E-state index in [0.717, 1.165) is 37.0 Å². The molecule has 4 saturated carbocycles. The van der Waals surface area contributed by atoms with Gasteiger partial charge in [-0.25, -0.2) is 4.57 Å². The Hall–Kier alpha value is 0.110. The first-order valence-corrected chi connectivity index (χ1v) is 11.5. The van der Waals surface area contributed by atoms with Gasteiger partial charge < -0.3 is 9.79 Å². The minimum atomic E-state index is -4.36. The molecule has 4 rings (SSSR count). The van der Waals surface area contributed by atoms with Crippen LogP contribution in [0.5, 0.6) is 0 Å². The topological polar surface area (TPSA) is 66.8 Å². The van der Waals surface area contributed by atoms with E-state index in [1.807, 2.05) is 0 Å². The summed E-state index contributed by atoms with van der Waals surface area (Å²) >= 11 is 0. The monoisotopic (exact) mass is 356 g/mol. The van der Waals surface area contributed by atoms with Crippen molar-refractivity contribution in [2.24, 2.45) is 34.5 Å². The van der Waals surface area contributed by atoms with Crippen molar-refractivity contribution >= 4 is 7.82 Å². The highest BCUT2D eigenvalue weighted by Gasteiger charge is 2.58. The van der Waals surface area contributed by atoms with E-state index in [-0.39, 0.29) is 6.10 Å². The number of rotatable bonds is 2. The minimum absolute atomic E-state index is 0.249. The van der Waals surface area contributed by atoms with Crippen LogP contribution in [0.2, 0.25) is 0 Å². The van der Waals surface area contributed by atoms with Crippen LogP contribution >= 0.6 is 7.82 Å². The number of hydrogen-bond acceptors (Lipinski definition) is 2. The van der Waals surface area contributed by atoms with Gasteiger partial charge in [-0.3, -0.25) is 4.52 Å². The Bertz CT molecular complexity index is 545. The van der Waals surface area contributed by atoms with Gasteiger partial charge >= 0.3 is 7.82 Å². The summed E-state index contributed by atoms with van der Waals surface area (Å²) in [7, 11) is -4.36. The highest BCUT2D eigenvalue weighted by molar-refractivity contribution is 7.46. The molecular weight excluding hydrogens is 323 g/mol. The molecule has 0 radical (unpaired) electrons. The van der Waals surface area contributed by atoms with Crippen molar-refractivity contribution in [3.63, 3.8) is 0 Å². The van der Waals surface area contributed by atoms with E-state index in [0.29, 0.717) is 16.7 Å². The molecule has 4 nitrogen and oxygen atoms in total. The largest absolute Gasteiger partial charge is 0.469 e. The molecule has 5 heteroatoms. The molecule has 0 spiro atoms. The summed E-state index contributed by atoms with van der Waals surface area (Å²) < 4.78 is 16.3. The third kappa shape index (κ3) is 2.82. The summed E-state index contributed by atoms with van der Waals surface area (Å²) in [6.45, 7) is 5.03. The van der Waals surface area contributed by atoms with Crippen LogP contribution in [0.3, 0.4) is 0 Å². The van der Waals surface area contributed by atoms with E-state index in [2.05, 4.69) is 13.8 Å². The van der Waals surface area contributed by atoms with Gasteiger partial charge in [-0.15, -0.1) is 0 Å². The van der Waals surface area contributed by atoms with E-state index in [9.17, 15) is 4.57 Å². The predicted molar refractivity (Wildman–Crippen MR) is 93.3 cm³/mol. The maximum Gasteiger partial charge on any atom is 0.469 e. The Morgan fingerprint density at radius 1 is 0.958 bits per heavy atom. The molecule has 138 valence electrons. The molecule has 0 aromatic carbocycles. The fourth-order valence-electron chi connectivity index (χ4n) is 7.50. The number of hydrogen-bond donors (Lipinski definition) is 2.